The molecular weight excluding hydrogens is 225 g/mol. The van der Waals surface area contributed by atoms with E-state index in [1.807, 2.05) is 19.1 Å². The minimum absolute atomic E-state index is 0.0977. The molecule has 0 saturated heterocycles. The molecule has 1 aromatic rings. The summed E-state index contributed by atoms with van der Waals surface area (Å²) < 4.78 is 13.3. The predicted molar refractivity (Wildman–Crippen MR) is 74.4 cm³/mol. The summed E-state index contributed by atoms with van der Waals surface area (Å²) in [5.74, 6) is 0.463. The van der Waals surface area contributed by atoms with Crippen LogP contribution in [0.25, 0.3) is 0 Å². The second-order valence-electron chi connectivity index (χ2n) is 5.77. The summed E-state index contributed by atoms with van der Waals surface area (Å²) >= 11 is 0. The number of benzene rings is 1. The van der Waals surface area contributed by atoms with Crippen molar-refractivity contribution in [2.24, 2.45) is 5.41 Å². The molecule has 0 aliphatic heterocycles. The van der Waals surface area contributed by atoms with Gasteiger partial charge in [-0.3, -0.25) is 0 Å². The van der Waals surface area contributed by atoms with E-state index < -0.39 is 0 Å². The summed E-state index contributed by atoms with van der Waals surface area (Å²) in [6.45, 7) is 9.64. The minimum Gasteiger partial charge on any atom is -0.314 e. The summed E-state index contributed by atoms with van der Waals surface area (Å²) in [6, 6.07) is 6.20. The van der Waals surface area contributed by atoms with E-state index in [0.717, 1.165) is 18.5 Å². The van der Waals surface area contributed by atoms with Crippen LogP contribution in [0.15, 0.2) is 18.2 Å². The first-order valence-electron chi connectivity index (χ1n) is 7.02. The van der Waals surface area contributed by atoms with Gasteiger partial charge in [-0.15, -0.1) is 0 Å². The fourth-order valence-corrected chi connectivity index (χ4v) is 3.31. The third-order valence-electron chi connectivity index (χ3n) is 4.86. The molecule has 1 aromatic carbocycles. The number of aryl methyl sites for hydroxylation is 1. The van der Waals surface area contributed by atoms with Crippen LogP contribution in [0.4, 0.5) is 4.39 Å². The average molecular weight is 249 g/mol. The third kappa shape index (κ3) is 2.07. The molecular formula is C16H24FN. The molecule has 2 rings (SSSR count). The van der Waals surface area contributed by atoms with Crippen molar-refractivity contribution in [3.63, 3.8) is 0 Å². The highest BCUT2D eigenvalue weighted by Crippen LogP contribution is 2.54. The van der Waals surface area contributed by atoms with E-state index in [1.165, 1.54) is 12.0 Å². The van der Waals surface area contributed by atoms with Crippen molar-refractivity contribution in [2.45, 2.75) is 52.5 Å². The molecule has 0 bridgehead atoms. The van der Waals surface area contributed by atoms with E-state index >= 15 is 0 Å². The van der Waals surface area contributed by atoms with E-state index in [4.69, 9.17) is 0 Å². The predicted octanol–water partition coefficient (Wildman–Crippen LogP) is 4.02. The van der Waals surface area contributed by atoms with Crippen LogP contribution in [0, 0.1) is 18.2 Å². The van der Waals surface area contributed by atoms with Crippen LogP contribution in [0.2, 0.25) is 0 Å². The number of nitrogens with one attached hydrogen (secondary N) is 1. The molecule has 1 N–H and O–H groups in total. The van der Waals surface area contributed by atoms with Crippen LogP contribution < -0.4 is 5.32 Å². The van der Waals surface area contributed by atoms with Gasteiger partial charge in [0.1, 0.15) is 5.82 Å². The normalized spacial score (nSPS) is 31.2. The van der Waals surface area contributed by atoms with Gasteiger partial charge < -0.3 is 5.32 Å². The molecule has 1 aliphatic carbocycles. The summed E-state index contributed by atoms with van der Waals surface area (Å²) in [5.41, 5.74) is 2.37. The maximum atomic E-state index is 13.3. The van der Waals surface area contributed by atoms with Gasteiger partial charge in [-0.2, -0.15) is 0 Å². The van der Waals surface area contributed by atoms with Crippen LogP contribution >= 0.6 is 0 Å². The fraction of sp³-hybridized carbons (Fsp3) is 0.625. The number of hydrogen-bond donors (Lipinski definition) is 1. The summed E-state index contributed by atoms with van der Waals surface area (Å²) in [5, 5.41) is 3.58. The molecule has 3 unspecified atom stereocenters. The van der Waals surface area contributed by atoms with E-state index in [9.17, 15) is 4.39 Å². The van der Waals surface area contributed by atoms with Crippen molar-refractivity contribution in [3.8, 4) is 0 Å². The molecule has 18 heavy (non-hydrogen) atoms. The van der Waals surface area contributed by atoms with Crippen molar-refractivity contribution in [1.82, 2.24) is 5.32 Å². The summed E-state index contributed by atoms with van der Waals surface area (Å²) in [4.78, 5) is 0. The Morgan fingerprint density at radius 2 is 2.11 bits per heavy atom. The Morgan fingerprint density at radius 3 is 2.67 bits per heavy atom. The maximum absolute atomic E-state index is 13.3. The van der Waals surface area contributed by atoms with Gasteiger partial charge in [-0.1, -0.05) is 32.9 Å². The Hall–Kier alpha value is -0.890. The van der Waals surface area contributed by atoms with Crippen LogP contribution in [-0.4, -0.2) is 12.6 Å². The Balaban J connectivity index is 2.22. The van der Waals surface area contributed by atoms with E-state index in [-0.39, 0.29) is 5.82 Å². The van der Waals surface area contributed by atoms with E-state index in [0.29, 0.717) is 17.4 Å². The average Bonchev–Trinajstić information content (AvgIpc) is 2.36. The second-order valence-corrected chi connectivity index (χ2v) is 5.77. The topological polar surface area (TPSA) is 12.0 Å². The quantitative estimate of drug-likeness (QED) is 0.850. The highest BCUT2D eigenvalue weighted by molar-refractivity contribution is 5.32. The van der Waals surface area contributed by atoms with Crippen LogP contribution in [0.5, 0.6) is 0 Å². The molecule has 2 heteroatoms. The molecule has 0 spiro atoms. The van der Waals surface area contributed by atoms with Crippen molar-refractivity contribution >= 4 is 0 Å². The monoisotopic (exact) mass is 249 g/mol. The van der Waals surface area contributed by atoms with Crippen LogP contribution in [0.3, 0.4) is 0 Å². The maximum Gasteiger partial charge on any atom is 0.126 e. The van der Waals surface area contributed by atoms with Gasteiger partial charge in [-0.25, -0.2) is 4.39 Å². The third-order valence-corrected chi connectivity index (χ3v) is 4.86. The van der Waals surface area contributed by atoms with E-state index in [2.05, 4.69) is 26.1 Å². The second kappa shape index (κ2) is 5.00. The van der Waals surface area contributed by atoms with Gasteiger partial charge in [0, 0.05) is 6.04 Å². The van der Waals surface area contributed by atoms with Gasteiger partial charge in [0.05, 0.1) is 0 Å². The summed E-state index contributed by atoms with van der Waals surface area (Å²) in [7, 11) is 0. The minimum atomic E-state index is -0.0977. The van der Waals surface area contributed by atoms with Gasteiger partial charge in [-0.05, 0) is 54.8 Å². The van der Waals surface area contributed by atoms with Crippen LogP contribution in [0.1, 0.15) is 50.7 Å². The lowest BCUT2D eigenvalue weighted by molar-refractivity contribution is 0.0454. The summed E-state index contributed by atoms with van der Waals surface area (Å²) in [6.07, 6.45) is 2.33. The van der Waals surface area contributed by atoms with Gasteiger partial charge in [0.2, 0.25) is 0 Å². The largest absolute Gasteiger partial charge is 0.314 e. The zero-order valence-corrected chi connectivity index (χ0v) is 11.9. The first kappa shape index (κ1) is 13.5. The number of hydrogen-bond acceptors (Lipinski definition) is 1. The molecule has 0 aromatic heterocycles. The fourth-order valence-electron chi connectivity index (χ4n) is 3.31. The van der Waals surface area contributed by atoms with Gasteiger partial charge in [0.25, 0.3) is 0 Å². The molecule has 3 atom stereocenters. The lowest BCUT2D eigenvalue weighted by atomic mass is 9.54. The zero-order chi connectivity index (χ0) is 13.3. The molecule has 1 aliphatic rings. The lowest BCUT2D eigenvalue weighted by Gasteiger charge is -2.55. The van der Waals surface area contributed by atoms with Gasteiger partial charge >= 0.3 is 0 Å². The van der Waals surface area contributed by atoms with Crippen LogP contribution in [-0.2, 0) is 0 Å². The lowest BCUT2D eigenvalue weighted by Crippen LogP contribution is -2.56. The van der Waals surface area contributed by atoms with Gasteiger partial charge in [0.15, 0.2) is 0 Å². The molecule has 1 nitrogen and oxygen atoms in total. The van der Waals surface area contributed by atoms with Crippen molar-refractivity contribution in [1.29, 1.82) is 0 Å². The Morgan fingerprint density at radius 1 is 1.39 bits per heavy atom. The smallest absolute Gasteiger partial charge is 0.126 e. The Bertz CT molecular complexity index is 429. The van der Waals surface area contributed by atoms with Crippen molar-refractivity contribution < 1.29 is 4.39 Å². The molecule has 0 heterocycles. The Kier molecular flexibility index (Phi) is 3.76. The van der Waals surface area contributed by atoms with Crippen molar-refractivity contribution in [2.75, 3.05) is 6.54 Å². The number of rotatable bonds is 4. The first-order chi connectivity index (χ1) is 8.52. The molecule has 0 amide bonds. The first-order valence-corrected chi connectivity index (χ1v) is 7.02. The number of halogens is 1. The highest BCUT2D eigenvalue weighted by atomic mass is 19.1. The molecule has 0 radical (unpaired) electrons. The zero-order valence-electron chi connectivity index (χ0n) is 11.9. The molecule has 1 saturated carbocycles. The SMILES string of the molecule is CCNC1CC(c2ccc(F)c(C)c2)C1(C)CC. The Labute approximate surface area is 110 Å². The molecule has 1 fully saturated rings. The van der Waals surface area contributed by atoms with E-state index in [1.54, 1.807) is 6.07 Å². The highest BCUT2D eigenvalue weighted by Gasteiger charge is 2.50. The molecule has 100 valence electrons. The van der Waals surface area contributed by atoms with Crippen molar-refractivity contribution in [3.05, 3.63) is 35.1 Å². The standard InChI is InChI=1S/C16H24FN/c1-5-16(4)13(10-15(16)18-6-2)12-7-8-14(17)11(3)9-12/h7-9,13,15,18H,5-6,10H2,1-4H3.